The maximum absolute atomic E-state index is 11.5. The van der Waals surface area contributed by atoms with Crippen LogP contribution in [0.1, 0.15) is 48.5 Å². The van der Waals surface area contributed by atoms with Gasteiger partial charge in [0.2, 0.25) is 0 Å². The SMILES string of the molecule is CC1(C)Cc2c(sc(N)c2C(N)=O)C(C)(C)N1. The minimum atomic E-state index is -0.423. The van der Waals surface area contributed by atoms with Crippen molar-refractivity contribution in [3.05, 3.63) is 16.0 Å². The number of nitrogens with one attached hydrogen (secondary N) is 1. The fourth-order valence-electron chi connectivity index (χ4n) is 2.82. The number of fused-ring (bicyclic) bond motifs is 1. The van der Waals surface area contributed by atoms with Crippen molar-refractivity contribution < 1.29 is 4.79 Å². The molecule has 1 aromatic heterocycles. The highest BCUT2D eigenvalue weighted by Gasteiger charge is 2.40. The molecule has 5 N–H and O–H groups in total. The summed E-state index contributed by atoms with van der Waals surface area (Å²) in [5, 5.41) is 4.11. The summed E-state index contributed by atoms with van der Waals surface area (Å²) < 4.78 is 0. The summed E-state index contributed by atoms with van der Waals surface area (Å²) in [6.07, 6.45) is 0.776. The van der Waals surface area contributed by atoms with E-state index in [-0.39, 0.29) is 11.1 Å². The van der Waals surface area contributed by atoms with Gasteiger partial charge in [-0.3, -0.25) is 4.79 Å². The lowest BCUT2D eigenvalue weighted by molar-refractivity contribution is 0.0999. The Morgan fingerprint density at radius 3 is 2.47 bits per heavy atom. The molecule has 1 amide bonds. The zero-order valence-electron chi connectivity index (χ0n) is 10.7. The van der Waals surface area contributed by atoms with Crippen LogP contribution in [-0.4, -0.2) is 11.4 Å². The van der Waals surface area contributed by atoms with Gasteiger partial charge in [-0.25, -0.2) is 0 Å². The van der Waals surface area contributed by atoms with E-state index in [1.54, 1.807) is 0 Å². The summed E-state index contributed by atoms with van der Waals surface area (Å²) in [6, 6.07) is 0. The maximum atomic E-state index is 11.5. The molecule has 0 spiro atoms. The molecule has 0 atom stereocenters. The van der Waals surface area contributed by atoms with E-state index in [1.165, 1.54) is 11.3 Å². The van der Waals surface area contributed by atoms with Crippen molar-refractivity contribution >= 4 is 22.2 Å². The standard InChI is InChI=1S/C12H19N3OS/c1-11(2)5-6-7(9(13)16)10(14)17-8(6)12(3,4)15-11/h15H,5,14H2,1-4H3,(H2,13,16). The predicted molar refractivity (Wildman–Crippen MR) is 71.2 cm³/mol. The zero-order valence-corrected chi connectivity index (χ0v) is 11.5. The number of thiophene rings is 1. The molecule has 94 valence electrons. The molecule has 0 fully saturated rings. The second-order valence-corrected chi connectivity index (χ2v) is 6.88. The number of nitrogen functional groups attached to an aromatic ring is 1. The fraction of sp³-hybridized carbons (Fsp3) is 0.583. The van der Waals surface area contributed by atoms with E-state index in [0.717, 1.165) is 16.9 Å². The minimum absolute atomic E-state index is 0.0613. The van der Waals surface area contributed by atoms with E-state index in [2.05, 4.69) is 33.0 Å². The molecule has 0 aromatic carbocycles. The molecule has 0 saturated heterocycles. The topological polar surface area (TPSA) is 81.1 Å². The van der Waals surface area contributed by atoms with Crippen molar-refractivity contribution in [2.45, 2.75) is 45.2 Å². The lowest BCUT2D eigenvalue weighted by Crippen LogP contribution is -2.55. The monoisotopic (exact) mass is 253 g/mol. The van der Waals surface area contributed by atoms with E-state index in [4.69, 9.17) is 11.5 Å². The average Bonchev–Trinajstić information content (AvgIpc) is 2.38. The van der Waals surface area contributed by atoms with E-state index >= 15 is 0 Å². The van der Waals surface area contributed by atoms with Crippen LogP contribution < -0.4 is 16.8 Å². The molecule has 2 heterocycles. The highest BCUT2D eigenvalue weighted by molar-refractivity contribution is 7.16. The number of carbonyl (C=O) groups is 1. The molecular formula is C12H19N3OS. The first-order chi connectivity index (χ1) is 7.64. The third kappa shape index (κ3) is 1.93. The van der Waals surface area contributed by atoms with E-state index < -0.39 is 5.91 Å². The lowest BCUT2D eigenvalue weighted by Gasteiger charge is -2.42. The summed E-state index contributed by atoms with van der Waals surface area (Å²) >= 11 is 1.47. The molecule has 0 unspecified atom stereocenters. The molecule has 0 bridgehead atoms. The molecule has 1 aliphatic heterocycles. The Hall–Kier alpha value is -1.07. The van der Waals surface area contributed by atoms with Crippen molar-refractivity contribution in [3.8, 4) is 0 Å². The smallest absolute Gasteiger partial charge is 0.251 e. The van der Waals surface area contributed by atoms with Crippen LogP contribution in [0.3, 0.4) is 0 Å². The molecule has 17 heavy (non-hydrogen) atoms. The first kappa shape index (κ1) is 12.4. The number of amides is 1. The van der Waals surface area contributed by atoms with Gasteiger partial charge in [-0.1, -0.05) is 0 Å². The van der Waals surface area contributed by atoms with Gasteiger partial charge in [-0.2, -0.15) is 0 Å². The number of nitrogens with two attached hydrogens (primary N) is 2. The summed E-state index contributed by atoms with van der Waals surface area (Å²) in [6.45, 7) is 8.45. The number of hydrogen-bond acceptors (Lipinski definition) is 4. The Labute approximate surface area is 105 Å². The minimum Gasteiger partial charge on any atom is -0.390 e. The van der Waals surface area contributed by atoms with Crippen molar-refractivity contribution in [2.24, 2.45) is 5.73 Å². The molecule has 0 aliphatic carbocycles. The summed E-state index contributed by atoms with van der Waals surface area (Å²) in [7, 11) is 0. The zero-order chi connectivity index (χ0) is 13.0. The molecule has 1 aromatic rings. The number of carbonyl (C=O) groups excluding carboxylic acids is 1. The fourth-order valence-corrected chi connectivity index (χ4v) is 3.97. The van der Waals surface area contributed by atoms with E-state index in [0.29, 0.717) is 10.6 Å². The van der Waals surface area contributed by atoms with Gasteiger partial charge in [0.05, 0.1) is 10.6 Å². The molecular weight excluding hydrogens is 234 g/mol. The first-order valence-corrected chi connectivity index (χ1v) is 6.46. The van der Waals surface area contributed by atoms with Gasteiger partial charge in [0.15, 0.2) is 0 Å². The van der Waals surface area contributed by atoms with Crippen LogP contribution in [0.5, 0.6) is 0 Å². The van der Waals surface area contributed by atoms with Crippen LogP contribution in [0, 0.1) is 0 Å². The number of primary amides is 1. The Balaban J connectivity index is 2.67. The van der Waals surface area contributed by atoms with Crippen molar-refractivity contribution in [1.82, 2.24) is 5.32 Å². The Morgan fingerprint density at radius 2 is 1.94 bits per heavy atom. The molecule has 2 rings (SSSR count). The summed E-state index contributed by atoms with van der Waals surface area (Å²) in [4.78, 5) is 12.6. The van der Waals surface area contributed by atoms with Crippen LogP contribution in [0.4, 0.5) is 5.00 Å². The second-order valence-electron chi connectivity index (χ2n) is 5.82. The van der Waals surface area contributed by atoms with Gasteiger partial charge in [0.1, 0.15) is 0 Å². The highest BCUT2D eigenvalue weighted by Crippen LogP contribution is 2.43. The molecule has 4 nitrogen and oxygen atoms in total. The van der Waals surface area contributed by atoms with Crippen molar-refractivity contribution in [3.63, 3.8) is 0 Å². The van der Waals surface area contributed by atoms with Gasteiger partial charge in [0.25, 0.3) is 5.91 Å². The third-order valence-corrected chi connectivity index (χ3v) is 4.50. The molecule has 1 aliphatic rings. The second kappa shape index (κ2) is 3.46. The number of anilines is 1. The van der Waals surface area contributed by atoms with Gasteiger partial charge in [-0.15, -0.1) is 11.3 Å². The quantitative estimate of drug-likeness (QED) is 0.711. The van der Waals surface area contributed by atoms with Crippen LogP contribution in [0.25, 0.3) is 0 Å². The highest BCUT2D eigenvalue weighted by atomic mass is 32.1. The van der Waals surface area contributed by atoms with Crippen molar-refractivity contribution in [1.29, 1.82) is 0 Å². The van der Waals surface area contributed by atoms with Crippen molar-refractivity contribution in [2.75, 3.05) is 5.73 Å². The number of rotatable bonds is 1. The van der Waals surface area contributed by atoms with Gasteiger partial charge >= 0.3 is 0 Å². The summed E-state index contributed by atoms with van der Waals surface area (Å²) in [5.41, 5.74) is 12.7. The maximum Gasteiger partial charge on any atom is 0.251 e. The predicted octanol–water partition coefficient (Wildman–Crippen LogP) is 1.59. The van der Waals surface area contributed by atoms with Gasteiger partial charge < -0.3 is 16.8 Å². The Kier molecular flexibility index (Phi) is 2.52. The molecule has 5 heteroatoms. The molecule has 0 radical (unpaired) electrons. The lowest BCUT2D eigenvalue weighted by atomic mass is 9.81. The Bertz CT molecular complexity index is 488. The van der Waals surface area contributed by atoms with Crippen LogP contribution >= 0.6 is 11.3 Å². The normalized spacial score (nSPS) is 20.9. The summed E-state index contributed by atoms with van der Waals surface area (Å²) in [5.74, 6) is -0.423. The van der Waals surface area contributed by atoms with Crippen LogP contribution in [0.15, 0.2) is 0 Å². The average molecular weight is 253 g/mol. The van der Waals surface area contributed by atoms with Crippen LogP contribution in [-0.2, 0) is 12.0 Å². The number of hydrogen-bond donors (Lipinski definition) is 3. The third-order valence-electron chi connectivity index (χ3n) is 3.12. The van der Waals surface area contributed by atoms with Crippen LogP contribution in [0.2, 0.25) is 0 Å². The van der Waals surface area contributed by atoms with Gasteiger partial charge in [-0.05, 0) is 39.7 Å². The molecule has 0 saturated carbocycles. The van der Waals surface area contributed by atoms with Gasteiger partial charge in [0, 0.05) is 16.0 Å². The van der Waals surface area contributed by atoms with E-state index in [1.807, 2.05) is 0 Å². The first-order valence-electron chi connectivity index (χ1n) is 5.65. The van der Waals surface area contributed by atoms with E-state index in [9.17, 15) is 4.79 Å². The largest absolute Gasteiger partial charge is 0.390 e. The Morgan fingerprint density at radius 1 is 1.35 bits per heavy atom.